The standard InChI is InChI=1S/C13H9N3O5/c17-11-12(18)16(6-8-3-4-14-21-8)10-2-1-7(13(19)20)5-9(10)15-11/h1-5H,6H2,(H,15,17)(H,19,20). The number of aromatic nitrogens is 3. The number of hydrogen-bond acceptors (Lipinski definition) is 5. The fourth-order valence-corrected chi connectivity index (χ4v) is 2.05. The summed E-state index contributed by atoms with van der Waals surface area (Å²) in [6, 6.07) is 5.70. The maximum absolute atomic E-state index is 12.0. The Kier molecular flexibility index (Phi) is 2.90. The highest BCUT2D eigenvalue weighted by atomic mass is 16.5. The molecule has 0 aliphatic heterocycles. The fourth-order valence-electron chi connectivity index (χ4n) is 2.05. The molecule has 0 fully saturated rings. The van der Waals surface area contributed by atoms with Crippen molar-refractivity contribution >= 4 is 17.0 Å². The second-order valence-corrected chi connectivity index (χ2v) is 4.36. The van der Waals surface area contributed by atoms with E-state index in [-0.39, 0.29) is 17.6 Å². The molecule has 1 aromatic carbocycles. The summed E-state index contributed by atoms with van der Waals surface area (Å²) in [6.45, 7) is 0.0334. The lowest BCUT2D eigenvalue weighted by molar-refractivity contribution is 0.0697. The first-order valence-electron chi connectivity index (χ1n) is 5.96. The van der Waals surface area contributed by atoms with Crippen molar-refractivity contribution in [2.45, 2.75) is 6.54 Å². The van der Waals surface area contributed by atoms with Crippen molar-refractivity contribution < 1.29 is 14.4 Å². The SMILES string of the molecule is O=C(O)c1ccc2c(c1)[nH]c(=O)c(=O)n2Cc1ccno1. The van der Waals surface area contributed by atoms with Gasteiger partial charge in [-0.1, -0.05) is 5.16 Å². The van der Waals surface area contributed by atoms with Crippen molar-refractivity contribution in [3.05, 3.63) is 62.5 Å². The summed E-state index contributed by atoms with van der Waals surface area (Å²) in [7, 11) is 0. The van der Waals surface area contributed by atoms with Crippen LogP contribution in [0.15, 0.2) is 44.6 Å². The van der Waals surface area contributed by atoms with Crippen molar-refractivity contribution in [1.82, 2.24) is 14.7 Å². The van der Waals surface area contributed by atoms with Crippen LogP contribution >= 0.6 is 0 Å². The Morgan fingerprint density at radius 1 is 1.33 bits per heavy atom. The van der Waals surface area contributed by atoms with Crippen LogP contribution in [0.25, 0.3) is 11.0 Å². The van der Waals surface area contributed by atoms with E-state index in [1.54, 1.807) is 6.07 Å². The summed E-state index contributed by atoms with van der Waals surface area (Å²) < 4.78 is 6.14. The summed E-state index contributed by atoms with van der Waals surface area (Å²) >= 11 is 0. The average molecular weight is 287 g/mol. The lowest BCUT2D eigenvalue weighted by Gasteiger charge is -2.08. The largest absolute Gasteiger partial charge is 0.478 e. The molecule has 8 heteroatoms. The smallest absolute Gasteiger partial charge is 0.335 e. The van der Waals surface area contributed by atoms with Gasteiger partial charge < -0.3 is 14.6 Å². The second-order valence-electron chi connectivity index (χ2n) is 4.36. The van der Waals surface area contributed by atoms with Gasteiger partial charge >= 0.3 is 17.1 Å². The van der Waals surface area contributed by atoms with E-state index in [2.05, 4.69) is 10.1 Å². The molecule has 0 bridgehead atoms. The summed E-state index contributed by atoms with van der Waals surface area (Å²) in [5, 5.41) is 12.5. The number of aromatic carboxylic acids is 1. The Morgan fingerprint density at radius 2 is 2.14 bits per heavy atom. The van der Waals surface area contributed by atoms with E-state index >= 15 is 0 Å². The number of rotatable bonds is 3. The third-order valence-electron chi connectivity index (χ3n) is 3.03. The molecule has 3 aromatic rings. The molecule has 2 N–H and O–H groups in total. The molecule has 8 nitrogen and oxygen atoms in total. The first-order chi connectivity index (χ1) is 10.1. The van der Waals surface area contributed by atoms with Crippen LogP contribution < -0.4 is 11.1 Å². The summed E-state index contributed by atoms with van der Waals surface area (Å²) in [5.41, 5.74) is -0.894. The molecule has 0 aliphatic rings. The molecule has 21 heavy (non-hydrogen) atoms. The van der Waals surface area contributed by atoms with Crippen LogP contribution in [-0.4, -0.2) is 25.8 Å². The van der Waals surface area contributed by atoms with E-state index in [1.807, 2.05) is 0 Å². The number of nitrogens with zero attached hydrogens (tertiary/aromatic N) is 2. The van der Waals surface area contributed by atoms with E-state index in [0.717, 1.165) is 0 Å². The molecule has 2 heterocycles. The number of H-pyrrole nitrogens is 1. The molecular formula is C13H9N3O5. The van der Waals surface area contributed by atoms with E-state index in [0.29, 0.717) is 11.3 Å². The van der Waals surface area contributed by atoms with Crippen molar-refractivity contribution in [2.75, 3.05) is 0 Å². The lowest BCUT2D eigenvalue weighted by atomic mass is 10.2. The van der Waals surface area contributed by atoms with Crippen molar-refractivity contribution in [1.29, 1.82) is 0 Å². The van der Waals surface area contributed by atoms with Crippen LogP contribution in [0, 0.1) is 0 Å². The Hall–Kier alpha value is -3.16. The normalized spacial score (nSPS) is 10.9. The quantitative estimate of drug-likeness (QED) is 0.674. The molecule has 106 valence electrons. The summed E-state index contributed by atoms with van der Waals surface area (Å²) in [4.78, 5) is 37.0. The van der Waals surface area contributed by atoms with Gasteiger partial charge in [-0.05, 0) is 18.2 Å². The molecular weight excluding hydrogens is 278 g/mol. The zero-order valence-corrected chi connectivity index (χ0v) is 10.6. The summed E-state index contributed by atoms with van der Waals surface area (Å²) in [5.74, 6) is -0.711. The van der Waals surface area contributed by atoms with Crippen LogP contribution in [-0.2, 0) is 6.54 Å². The first-order valence-corrected chi connectivity index (χ1v) is 5.96. The Labute approximate surface area is 116 Å². The highest BCUT2D eigenvalue weighted by molar-refractivity contribution is 5.92. The van der Waals surface area contributed by atoms with Gasteiger partial charge in [-0.15, -0.1) is 0 Å². The van der Waals surface area contributed by atoms with E-state index in [4.69, 9.17) is 9.63 Å². The van der Waals surface area contributed by atoms with Gasteiger partial charge in [-0.25, -0.2) is 4.79 Å². The molecule has 0 saturated heterocycles. The third-order valence-corrected chi connectivity index (χ3v) is 3.03. The van der Waals surface area contributed by atoms with Crippen molar-refractivity contribution in [3.63, 3.8) is 0 Å². The Bertz CT molecular complexity index is 937. The number of fused-ring (bicyclic) bond motifs is 1. The van der Waals surface area contributed by atoms with Crippen LogP contribution in [0.4, 0.5) is 0 Å². The lowest BCUT2D eigenvalue weighted by Crippen LogP contribution is -2.36. The van der Waals surface area contributed by atoms with Crippen LogP contribution in [0.1, 0.15) is 16.1 Å². The zero-order chi connectivity index (χ0) is 15.0. The molecule has 0 unspecified atom stereocenters. The molecule has 0 atom stereocenters. The maximum atomic E-state index is 12.0. The second kappa shape index (κ2) is 4.75. The average Bonchev–Trinajstić information content (AvgIpc) is 2.96. The van der Waals surface area contributed by atoms with Gasteiger partial charge in [0.05, 0.1) is 29.3 Å². The molecule has 0 spiro atoms. The fraction of sp³-hybridized carbons (Fsp3) is 0.0769. The van der Waals surface area contributed by atoms with Crippen molar-refractivity contribution in [2.24, 2.45) is 0 Å². The summed E-state index contributed by atoms with van der Waals surface area (Å²) in [6.07, 6.45) is 1.43. The van der Waals surface area contributed by atoms with Crippen LogP contribution in [0.2, 0.25) is 0 Å². The predicted octanol–water partition coefficient (Wildman–Crippen LogP) is 0.424. The van der Waals surface area contributed by atoms with Gasteiger partial charge in [0, 0.05) is 6.07 Å². The number of carboxylic acid groups (broad SMARTS) is 1. The molecule has 2 aromatic heterocycles. The van der Waals surface area contributed by atoms with E-state index in [1.165, 1.54) is 29.0 Å². The minimum Gasteiger partial charge on any atom is -0.478 e. The Balaban J connectivity index is 2.26. The number of aromatic amines is 1. The molecule has 0 aliphatic carbocycles. The highest BCUT2D eigenvalue weighted by Crippen LogP contribution is 2.13. The molecule has 0 radical (unpaired) electrons. The molecule has 0 amide bonds. The van der Waals surface area contributed by atoms with Gasteiger partial charge in [0.25, 0.3) is 0 Å². The van der Waals surface area contributed by atoms with E-state index < -0.39 is 17.1 Å². The minimum absolute atomic E-state index is 0.0167. The van der Waals surface area contributed by atoms with E-state index in [9.17, 15) is 14.4 Å². The molecule has 0 saturated carbocycles. The number of carbonyl (C=O) groups is 1. The Morgan fingerprint density at radius 3 is 2.81 bits per heavy atom. The maximum Gasteiger partial charge on any atom is 0.335 e. The number of hydrogen-bond donors (Lipinski definition) is 2. The number of benzene rings is 1. The van der Waals surface area contributed by atoms with Gasteiger partial charge in [-0.2, -0.15) is 0 Å². The number of carboxylic acids is 1. The number of nitrogens with one attached hydrogen (secondary N) is 1. The topological polar surface area (TPSA) is 118 Å². The third kappa shape index (κ3) is 2.22. The van der Waals surface area contributed by atoms with Gasteiger partial charge in [0.2, 0.25) is 0 Å². The zero-order valence-electron chi connectivity index (χ0n) is 10.6. The molecule has 3 rings (SSSR count). The highest BCUT2D eigenvalue weighted by Gasteiger charge is 2.12. The minimum atomic E-state index is -1.12. The van der Waals surface area contributed by atoms with Crippen LogP contribution in [0.5, 0.6) is 0 Å². The van der Waals surface area contributed by atoms with Gasteiger partial charge in [0.1, 0.15) is 0 Å². The van der Waals surface area contributed by atoms with Gasteiger partial charge in [-0.3, -0.25) is 14.2 Å². The van der Waals surface area contributed by atoms with Crippen LogP contribution in [0.3, 0.4) is 0 Å². The van der Waals surface area contributed by atoms with Gasteiger partial charge in [0.15, 0.2) is 5.76 Å². The first kappa shape index (κ1) is 12.9. The predicted molar refractivity (Wildman–Crippen MR) is 71.4 cm³/mol. The van der Waals surface area contributed by atoms with Crippen molar-refractivity contribution in [3.8, 4) is 0 Å². The monoisotopic (exact) mass is 287 g/mol.